The number of amides is 2. The standard InChI is InChI=1S/C38H48N4O7/c1-25(39-23-34(45)27-12-16-33(44)32(21-27)40-24-43)20-26-10-14-29(15-11-26)49-19-7-6-18-42-38(46)31-9-5-4-8-30(31)37(41-42)28-13-17-35(47-2)36(22-28)48-3/h10-17,21-22,24-25,30-31,34,39,44-45H,4-9,18-20,23H2,1-3H3,(H,40,43). The van der Waals surface area contributed by atoms with Gasteiger partial charge < -0.3 is 35.1 Å². The summed E-state index contributed by atoms with van der Waals surface area (Å²) in [7, 11) is 3.25. The number of aliphatic hydroxyl groups is 1. The second-order valence-corrected chi connectivity index (χ2v) is 12.8. The van der Waals surface area contributed by atoms with E-state index in [2.05, 4.69) is 17.6 Å². The molecule has 49 heavy (non-hydrogen) atoms. The van der Waals surface area contributed by atoms with Crippen molar-refractivity contribution < 1.29 is 34.0 Å². The molecule has 1 aliphatic heterocycles. The minimum Gasteiger partial charge on any atom is -0.506 e. The molecule has 0 aromatic heterocycles. The molecule has 1 saturated carbocycles. The molecule has 11 heteroatoms. The highest BCUT2D eigenvalue weighted by Crippen LogP contribution is 2.39. The highest BCUT2D eigenvalue weighted by Gasteiger charge is 2.41. The van der Waals surface area contributed by atoms with Crippen molar-refractivity contribution in [2.45, 2.75) is 64.0 Å². The van der Waals surface area contributed by atoms with Crippen molar-refractivity contribution in [3.8, 4) is 23.0 Å². The molecule has 3 aromatic carbocycles. The Bertz CT molecular complexity index is 1600. The zero-order valence-corrected chi connectivity index (χ0v) is 28.6. The summed E-state index contributed by atoms with van der Waals surface area (Å²) in [5.74, 6) is 2.28. The van der Waals surface area contributed by atoms with Crippen molar-refractivity contribution in [2.75, 3.05) is 39.2 Å². The van der Waals surface area contributed by atoms with Gasteiger partial charge in [-0.1, -0.05) is 31.0 Å². The Labute approximate surface area is 288 Å². The van der Waals surface area contributed by atoms with Gasteiger partial charge in [0.2, 0.25) is 12.3 Å². The number of unbranched alkanes of at least 4 members (excludes halogenated alkanes) is 1. The van der Waals surface area contributed by atoms with Crippen molar-refractivity contribution in [3.63, 3.8) is 0 Å². The number of aromatic hydroxyl groups is 1. The fourth-order valence-corrected chi connectivity index (χ4v) is 6.70. The van der Waals surface area contributed by atoms with Crippen LogP contribution in [0.5, 0.6) is 23.0 Å². The summed E-state index contributed by atoms with van der Waals surface area (Å²) in [6.45, 7) is 3.46. The molecule has 0 spiro atoms. The zero-order chi connectivity index (χ0) is 34.8. The van der Waals surface area contributed by atoms with Crippen molar-refractivity contribution in [1.29, 1.82) is 0 Å². The SMILES string of the molecule is COc1ccc(C2=NN(CCCCOc3ccc(CC(C)NCC(O)c4ccc(O)c(NC=O)c4)cc3)C(=O)C3CCCCC23)cc1OC. The van der Waals surface area contributed by atoms with Gasteiger partial charge in [-0.25, -0.2) is 5.01 Å². The number of nitrogens with zero attached hydrogens (tertiary/aromatic N) is 2. The van der Waals surface area contributed by atoms with Crippen molar-refractivity contribution >= 4 is 23.7 Å². The first-order valence-electron chi connectivity index (χ1n) is 17.1. The Balaban J connectivity index is 1.08. The highest BCUT2D eigenvalue weighted by atomic mass is 16.5. The number of phenols is 1. The lowest BCUT2D eigenvalue weighted by Crippen LogP contribution is -2.46. The predicted octanol–water partition coefficient (Wildman–Crippen LogP) is 5.44. The van der Waals surface area contributed by atoms with E-state index in [0.717, 1.165) is 67.5 Å². The minimum atomic E-state index is -0.797. The molecule has 2 amide bonds. The molecule has 1 fully saturated rings. The lowest BCUT2D eigenvalue weighted by Gasteiger charge is -2.38. The summed E-state index contributed by atoms with van der Waals surface area (Å²) < 4.78 is 17.0. The summed E-state index contributed by atoms with van der Waals surface area (Å²) in [5, 5.41) is 32.8. The second kappa shape index (κ2) is 17.2. The Hall–Kier alpha value is -4.61. The van der Waals surface area contributed by atoms with E-state index in [-0.39, 0.29) is 35.2 Å². The van der Waals surface area contributed by atoms with E-state index in [9.17, 15) is 19.8 Å². The van der Waals surface area contributed by atoms with Crippen molar-refractivity contribution in [2.24, 2.45) is 16.9 Å². The van der Waals surface area contributed by atoms with Crippen LogP contribution in [0.25, 0.3) is 0 Å². The monoisotopic (exact) mass is 672 g/mol. The van der Waals surface area contributed by atoms with Gasteiger partial charge in [0, 0.05) is 36.5 Å². The summed E-state index contributed by atoms with van der Waals surface area (Å²) in [6, 6.07) is 18.6. The van der Waals surface area contributed by atoms with E-state index >= 15 is 0 Å². The number of hydrogen-bond donors (Lipinski definition) is 4. The number of benzene rings is 3. The average Bonchev–Trinajstić information content (AvgIpc) is 3.12. The molecule has 2 aliphatic rings. The van der Waals surface area contributed by atoms with Gasteiger partial charge in [0.25, 0.3) is 0 Å². The number of rotatable bonds is 17. The van der Waals surface area contributed by atoms with Crippen molar-refractivity contribution in [3.05, 3.63) is 77.4 Å². The third kappa shape index (κ3) is 9.10. The largest absolute Gasteiger partial charge is 0.506 e. The lowest BCUT2D eigenvalue weighted by atomic mass is 9.73. The molecular formula is C38H48N4O7. The minimum absolute atomic E-state index is 0.0358. The molecule has 3 aromatic rings. The van der Waals surface area contributed by atoms with E-state index in [1.165, 1.54) is 6.07 Å². The number of carbonyl (C=O) groups is 2. The van der Waals surface area contributed by atoms with Gasteiger partial charge >= 0.3 is 0 Å². The topological polar surface area (TPSA) is 142 Å². The third-order valence-electron chi connectivity index (χ3n) is 9.37. The quantitative estimate of drug-likeness (QED) is 0.0844. The molecule has 5 rings (SSSR count). The van der Waals surface area contributed by atoms with Crippen LogP contribution in [0.4, 0.5) is 5.69 Å². The Morgan fingerprint density at radius 2 is 1.73 bits per heavy atom. The molecule has 1 heterocycles. The number of fused-ring (bicyclic) bond motifs is 1. The Morgan fingerprint density at radius 1 is 0.980 bits per heavy atom. The van der Waals surface area contributed by atoms with Crippen LogP contribution in [0.1, 0.15) is 68.2 Å². The maximum Gasteiger partial charge on any atom is 0.246 e. The number of carbonyl (C=O) groups excluding carboxylic acids is 2. The molecule has 1 aliphatic carbocycles. The van der Waals surface area contributed by atoms with Crippen LogP contribution >= 0.6 is 0 Å². The molecule has 262 valence electrons. The number of phenolic OH excluding ortho intramolecular Hbond substituents is 1. The molecule has 11 nitrogen and oxygen atoms in total. The molecule has 4 atom stereocenters. The zero-order valence-electron chi connectivity index (χ0n) is 28.6. The van der Waals surface area contributed by atoms with E-state index in [0.29, 0.717) is 43.2 Å². The fraction of sp³-hybridized carbons (Fsp3) is 0.447. The van der Waals surface area contributed by atoms with E-state index in [1.54, 1.807) is 31.4 Å². The lowest BCUT2D eigenvalue weighted by molar-refractivity contribution is -0.139. The molecule has 4 N–H and O–H groups in total. The number of aliphatic hydroxyl groups excluding tert-OH is 1. The highest BCUT2D eigenvalue weighted by molar-refractivity contribution is 6.07. The smallest absolute Gasteiger partial charge is 0.246 e. The Morgan fingerprint density at radius 3 is 2.47 bits per heavy atom. The first-order chi connectivity index (χ1) is 23.8. The van der Waals surface area contributed by atoms with Crippen LogP contribution in [0.3, 0.4) is 0 Å². The van der Waals surface area contributed by atoms with Gasteiger partial charge in [0.1, 0.15) is 11.5 Å². The first kappa shape index (κ1) is 35.7. The summed E-state index contributed by atoms with van der Waals surface area (Å²) in [5.41, 5.74) is 3.92. The summed E-state index contributed by atoms with van der Waals surface area (Å²) >= 11 is 0. The number of hydrogen-bond acceptors (Lipinski definition) is 9. The van der Waals surface area contributed by atoms with Crippen LogP contribution < -0.4 is 24.8 Å². The molecule has 0 saturated heterocycles. The summed E-state index contributed by atoms with van der Waals surface area (Å²) in [4.78, 5) is 24.2. The van der Waals surface area contributed by atoms with Gasteiger partial charge in [0.15, 0.2) is 11.5 Å². The number of anilines is 1. The van der Waals surface area contributed by atoms with Crippen LogP contribution in [0.2, 0.25) is 0 Å². The molecule has 4 unspecified atom stereocenters. The molecule has 0 radical (unpaired) electrons. The maximum atomic E-state index is 13.4. The maximum absolute atomic E-state index is 13.4. The molecular weight excluding hydrogens is 624 g/mol. The van der Waals surface area contributed by atoms with E-state index < -0.39 is 6.10 Å². The average molecular weight is 673 g/mol. The number of hydrazone groups is 1. The first-order valence-corrected chi connectivity index (χ1v) is 17.1. The van der Waals surface area contributed by atoms with Gasteiger partial charge in [-0.2, -0.15) is 5.10 Å². The van der Waals surface area contributed by atoms with Crippen molar-refractivity contribution in [1.82, 2.24) is 10.3 Å². The van der Waals surface area contributed by atoms with E-state index in [4.69, 9.17) is 19.3 Å². The van der Waals surface area contributed by atoms with Crippen LogP contribution in [0, 0.1) is 11.8 Å². The fourth-order valence-electron chi connectivity index (χ4n) is 6.70. The molecule has 0 bridgehead atoms. The van der Waals surface area contributed by atoms with Gasteiger partial charge in [-0.3, -0.25) is 9.59 Å². The van der Waals surface area contributed by atoms with Crippen LogP contribution in [-0.4, -0.2) is 73.2 Å². The van der Waals surface area contributed by atoms with Gasteiger partial charge in [-0.15, -0.1) is 0 Å². The predicted molar refractivity (Wildman–Crippen MR) is 188 cm³/mol. The number of methoxy groups -OCH3 is 2. The number of nitrogens with one attached hydrogen (secondary N) is 2. The van der Waals surface area contributed by atoms with Crippen LogP contribution in [-0.2, 0) is 16.0 Å². The Kier molecular flexibility index (Phi) is 12.5. The number of ether oxygens (including phenoxy) is 3. The normalized spacial score (nSPS) is 18.6. The van der Waals surface area contributed by atoms with Gasteiger partial charge in [0.05, 0.1) is 38.3 Å². The van der Waals surface area contributed by atoms with E-state index in [1.807, 2.05) is 42.5 Å². The van der Waals surface area contributed by atoms with Crippen LogP contribution in [0.15, 0.2) is 65.8 Å². The summed E-state index contributed by atoms with van der Waals surface area (Å²) in [6.07, 6.45) is 6.04. The second-order valence-electron chi connectivity index (χ2n) is 12.8. The van der Waals surface area contributed by atoms with Gasteiger partial charge in [-0.05, 0) is 92.6 Å². The third-order valence-corrected chi connectivity index (χ3v) is 9.37.